The zero-order valence-corrected chi connectivity index (χ0v) is 15.0. The molecule has 7 nitrogen and oxygen atoms in total. The molecule has 1 spiro atoms. The average Bonchev–Trinajstić information content (AvgIpc) is 3.19. The zero-order valence-electron chi connectivity index (χ0n) is 15.0. The standard InChI is InChI=1S/C17H28N4O3/c1-11-9-20(10-13(11)19(3)4)14(22)12(2)21-15(23)17(18-16(21)24)7-5-6-8-17/h11-13H,5-10H2,1-4H3,(H,18,24)/t11-,12-,13+/m1/s1. The van der Waals surface area contributed by atoms with Crippen molar-refractivity contribution < 1.29 is 14.4 Å². The van der Waals surface area contributed by atoms with Crippen LogP contribution in [-0.2, 0) is 9.59 Å². The third-order valence-corrected chi connectivity index (χ3v) is 5.94. The molecular weight excluding hydrogens is 308 g/mol. The van der Waals surface area contributed by atoms with Gasteiger partial charge in [0.25, 0.3) is 5.91 Å². The van der Waals surface area contributed by atoms with Gasteiger partial charge in [-0.25, -0.2) is 9.69 Å². The summed E-state index contributed by atoms with van der Waals surface area (Å²) < 4.78 is 0. The van der Waals surface area contributed by atoms with Crippen molar-refractivity contribution in [3.8, 4) is 0 Å². The molecule has 0 aromatic carbocycles. The molecule has 1 aliphatic carbocycles. The molecule has 2 heterocycles. The van der Waals surface area contributed by atoms with Gasteiger partial charge in [-0.3, -0.25) is 9.59 Å². The molecule has 2 aliphatic heterocycles. The monoisotopic (exact) mass is 336 g/mol. The highest BCUT2D eigenvalue weighted by atomic mass is 16.2. The molecule has 4 amide bonds. The van der Waals surface area contributed by atoms with Crippen molar-refractivity contribution >= 4 is 17.8 Å². The van der Waals surface area contributed by atoms with Crippen LogP contribution in [0.25, 0.3) is 0 Å². The Hall–Kier alpha value is -1.63. The van der Waals surface area contributed by atoms with E-state index in [1.165, 1.54) is 0 Å². The maximum atomic E-state index is 12.9. The summed E-state index contributed by atoms with van der Waals surface area (Å²) in [7, 11) is 4.03. The lowest BCUT2D eigenvalue weighted by Crippen LogP contribution is -2.51. The van der Waals surface area contributed by atoms with Gasteiger partial charge in [0.05, 0.1) is 0 Å². The van der Waals surface area contributed by atoms with E-state index in [0.717, 1.165) is 17.7 Å². The summed E-state index contributed by atoms with van der Waals surface area (Å²) >= 11 is 0. The minimum absolute atomic E-state index is 0.134. The van der Waals surface area contributed by atoms with Crippen molar-refractivity contribution in [2.24, 2.45) is 5.92 Å². The van der Waals surface area contributed by atoms with Gasteiger partial charge in [0.1, 0.15) is 11.6 Å². The molecule has 7 heteroatoms. The SMILES string of the molecule is C[C@@H]1CN(C(=O)[C@@H](C)N2C(=O)NC3(CCCC3)C2=O)C[C@@H]1N(C)C. The van der Waals surface area contributed by atoms with Crippen LogP contribution < -0.4 is 5.32 Å². The Morgan fingerprint density at radius 3 is 2.42 bits per heavy atom. The Morgan fingerprint density at radius 1 is 1.25 bits per heavy atom. The van der Waals surface area contributed by atoms with E-state index in [-0.39, 0.29) is 11.8 Å². The smallest absolute Gasteiger partial charge is 0.325 e. The van der Waals surface area contributed by atoms with Gasteiger partial charge in [0.2, 0.25) is 5.91 Å². The van der Waals surface area contributed by atoms with Gasteiger partial charge >= 0.3 is 6.03 Å². The third-order valence-electron chi connectivity index (χ3n) is 5.94. The fourth-order valence-corrected chi connectivity index (χ4v) is 4.49. The lowest BCUT2D eigenvalue weighted by Gasteiger charge is -2.27. The summed E-state index contributed by atoms with van der Waals surface area (Å²) in [5, 5.41) is 2.85. The molecule has 3 rings (SSSR count). The highest BCUT2D eigenvalue weighted by Gasteiger charge is 2.55. The van der Waals surface area contributed by atoms with E-state index in [0.29, 0.717) is 37.9 Å². The van der Waals surface area contributed by atoms with Gasteiger partial charge in [-0.1, -0.05) is 19.8 Å². The lowest BCUT2D eigenvalue weighted by molar-refractivity contribution is -0.142. The molecule has 3 fully saturated rings. The van der Waals surface area contributed by atoms with Crippen molar-refractivity contribution in [2.45, 2.75) is 57.2 Å². The lowest BCUT2D eigenvalue weighted by atomic mass is 9.97. The van der Waals surface area contributed by atoms with Crippen LogP contribution in [0.1, 0.15) is 39.5 Å². The first kappa shape index (κ1) is 17.2. The number of likely N-dealkylation sites (N-methyl/N-ethyl adjacent to an activating group) is 1. The van der Waals surface area contributed by atoms with Gasteiger partial charge in [0.15, 0.2) is 0 Å². The first-order chi connectivity index (χ1) is 11.3. The molecule has 1 N–H and O–H groups in total. The van der Waals surface area contributed by atoms with E-state index in [2.05, 4.69) is 17.1 Å². The number of rotatable bonds is 3. The van der Waals surface area contributed by atoms with E-state index in [1.807, 2.05) is 14.1 Å². The highest BCUT2D eigenvalue weighted by Crippen LogP contribution is 2.36. The van der Waals surface area contributed by atoms with E-state index in [9.17, 15) is 14.4 Å². The van der Waals surface area contributed by atoms with Crippen LogP contribution in [0, 0.1) is 5.92 Å². The minimum Gasteiger partial charge on any atom is -0.339 e. The molecule has 0 unspecified atom stereocenters. The van der Waals surface area contributed by atoms with Gasteiger partial charge in [-0.15, -0.1) is 0 Å². The number of hydrogen-bond acceptors (Lipinski definition) is 4. The van der Waals surface area contributed by atoms with Gasteiger partial charge in [-0.05, 0) is 39.8 Å². The van der Waals surface area contributed by atoms with Crippen LogP contribution in [0.5, 0.6) is 0 Å². The molecule has 0 radical (unpaired) electrons. The predicted octanol–water partition coefficient (Wildman–Crippen LogP) is 0.648. The van der Waals surface area contributed by atoms with Gasteiger partial charge in [-0.2, -0.15) is 0 Å². The third kappa shape index (κ3) is 2.59. The van der Waals surface area contributed by atoms with E-state index in [1.54, 1.807) is 11.8 Å². The molecule has 0 aromatic heterocycles. The predicted molar refractivity (Wildman–Crippen MR) is 89.3 cm³/mol. The quantitative estimate of drug-likeness (QED) is 0.768. The number of hydrogen-bond donors (Lipinski definition) is 1. The Balaban J connectivity index is 1.72. The second kappa shape index (κ2) is 6.02. The Bertz CT molecular complexity index is 556. The summed E-state index contributed by atoms with van der Waals surface area (Å²) in [6.45, 7) is 5.11. The van der Waals surface area contributed by atoms with Crippen molar-refractivity contribution in [2.75, 3.05) is 27.2 Å². The van der Waals surface area contributed by atoms with Gasteiger partial charge in [0, 0.05) is 19.1 Å². The van der Waals surface area contributed by atoms with E-state index >= 15 is 0 Å². The number of nitrogens with zero attached hydrogens (tertiary/aromatic N) is 3. The fourth-order valence-electron chi connectivity index (χ4n) is 4.49. The summed E-state index contributed by atoms with van der Waals surface area (Å²) in [5.41, 5.74) is -0.754. The molecule has 0 aromatic rings. The Labute approximate surface area is 143 Å². The van der Waals surface area contributed by atoms with Crippen LogP contribution in [-0.4, -0.2) is 77.4 Å². The number of carbonyl (C=O) groups is 3. The van der Waals surface area contributed by atoms with Crippen molar-refractivity contribution in [3.63, 3.8) is 0 Å². The van der Waals surface area contributed by atoms with Gasteiger partial charge < -0.3 is 15.1 Å². The highest BCUT2D eigenvalue weighted by molar-refractivity contribution is 6.10. The zero-order chi connectivity index (χ0) is 17.6. The molecule has 134 valence electrons. The molecule has 1 saturated carbocycles. The maximum Gasteiger partial charge on any atom is 0.325 e. The number of urea groups is 1. The normalized spacial score (nSPS) is 30.5. The summed E-state index contributed by atoms with van der Waals surface area (Å²) in [4.78, 5) is 43.1. The molecule has 24 heavy (non-hydrogen) atoms. The number of carbonyl (C=O) groups excluding carboxylic acids is 3. The Kier molecular flexibility index (Phi) is 4.32. The number of likely N-dealkylation sites (tertiary alicyclic amines) is 1. The summed E-state index contributed by atoms with van der Waals surface area (Å²) in [6, 6.07) is -0.852. The molecular formula is C17H28N4O3. The Morgan fingerprint density at radius 2 is 1.88 bits per heavy atom. The second-order valence-electron chi connectivity index (χ2n) is 7.82. The van der Waals surface area contributed by atoms with Crippen molar-refractivity contribution in [3.05, 3.63) is 0 Å². The fraction of sp³-hybridized carbons (Fsp3) is 0.824. The van der Waals surface area contributed by atoms with Crippen LogP contribution in [0.15, 0.2) is 0 Å². The second-order valence-corrected chi connectivity index (χ2v) is 7.82. The average molecular weight is 336 g/mol. The minimum atomic E-state index is -0.754. The van der Waals surface area contributed by atoms with Crippen molar-refractivity contribution in [1.82, 2.24) is 20.0 Å². The summed E-state index contributed by atoms with van der Waals surface area (Å²) in [6.07, 6.45) is 3.24. The largest absolute Gasteiger partial charge is 0.339 e. The number of imide groups is 1. The molecule has 2 saturated heterocycles. The van der Waals surface area contributed by atoms with E-state index < -0.39 is 17.6 Å². The summed E-state index contributed by atoms with van der Waals surface area (Å²) in [5.74, 6) is 0.0208. The first-order valence-corrected chi connectivity index (χ1v) is 8.88. The van der Waals surface area contributed by atoms with Crippen LogP contribution in [0.2, 0.25) is 0 Å². The van der Waals surface area contributed by atoms with Crippen LogP contribution >= 0.6 is 0 Å². The van der Waals surface area contributed by atoms with Crippen LogP contribution in [0.4, 0.5) is 4.79 Å². The molecule has 0 bridgehead atoms. The van der Waals surface area contributed by atoms with E-state index in [4.69, 9.17) is 0 Å². The molecule has 3 atom stereocenters. The maximum absolute atomic E-state index is 12.9. The molecule has 3 aliphatic rings. The topological polar surface area (TPSA) is 73.0 Å². The first-order valence-electron chi connectivity index (χ1n) is 8.88. The van der Waals surface area contributed by atoms with Crippen molar-refractivity contribution in [1.29, 1.82) is 0 Å². The number of amides is 4. The number of nitrogens with one attached hydrogen (secondary N) is 1. The van der Waals surface area contributed by atoms with Crippen LogP contribution in [0.3, 0.4) is 0 Å².